The van der Waals surface area contributed by atoms with Crippen molar-refractivity contribution in [2.45, 2.75) is 12.2 Å². The molecule has 78 valence electrons. The van der Waals surface area contributed by atoms with E-state index < -0.39 is 6.10 Å². The molecular formula is C8H13N3O2S. The van der Waals surface area contributed by atoms with Crippen LogP contribution in [0.15, 0.2) is 6.20 Å². The van der Waals surface area contributed by atoms with Crippen molar-refractivity contribution in [3.8, 4) is 0 Å². The van der Waals surface area contributed by atoms with Crippen LogP contribution in [0, 0.1) is 0 Å². The van der Waals surface area contributed by atoms with Crippen molar-refractivity contribution in [3.05, 3.63) is 11.9 Å². The summed E-state index contributed by atoms with van der Waals surface area (Å²) in [6.45, 7) is 0.706. The van der Waals surface area contributed by atoms with Crippen molar-refractivity contribution in [1.82, 2.24) is 15.0 Å². The van der Waals surface area contributed by atoms with Gasteiger partial charge in [-0.2, -0.15) is 11.8 Å². The van der Waals surface area contributed by atoms with Gasteiger partial charge in [0.1, 0.15) is 6.10 Å². The van der Waals surface area contributed by atoms with E-state index >= 15 is 0 Å². The maximum Gasteiger partial charge on any atom is 0.124 e. The fourth-order valence-corrected chi connectivity index (χ4v) is 2.34. The van der Waals surface area contributed by atoms with Crippen LogP contribution < -0.4 is 0 Å². The predicted octanol–water partition coefficient (Wildman–Crippen LogP) is -0.0195. The number of thioether (sulfide) groups is 1. The summed E-state index contributed by atoms with van der Waals surface area (Å²) in [5, 5.41) is 17.5. The van der Waals surface area contributed by atoms with E-state index in [-0.39, 0.29) is 6.10 Å². The van der Waals surface area contributed by atoms with Gasteiger partial charge in [0.15, 0.2) is 0 Å². The molecule has 2 unspecified atom stereocenters. The number of hydrogen-bond acceptors (Lipinski definition) is 5. The Morgan fingerprint density at radius 1 is 1.79 bits per heavy atom. The van der Waals surface area contributed by atoms with Gasteiger partial charge in [0.2, 0.25) is 0 Å². The highest BCUT2D eigenvalue weighted by molar-refractivity contribution is 7.99. The minimum Gasteiger partial charge on any atom is -0.384 e. The van der Waals surface area contributed by atoms with E-state index in [9.17, 15) is 5.11 Å². The second-order valence-electron chi connectivity index (χ2n) is 3.21. The zero-order valence-corrected chi connectivity index (χ0v) is 8.78. The molecule has 0 amide bonds. The molecule has 1 fully saturated rings. The molecule has 1 saturated heterocycles. The van der Waals surface area contributed by atoms with Gasteiger partial charge in [-0.05, 0) is 0 Å². The fraction of sp³-hybridized carbons (Fsp3) is 0.750. The smallest absolute Gasteiger partial charge is 0.124 e. The average molecular weight is 215 g/mol. The first kappa shape index (κ1) is 9.95. The lowest BCUT2D eigenvalue weighted by Gasteiger charge is -2.26. The summed E-state index contributed by atoms with van der Waals surface area (Å²) in [4.78, 5) is 0. The van der Waals surface area contributed by atoms with Crippen molar-refractivity contribution >= 4 is 11.8 Å². The number of aryl methyl sites for hydroxylation is 1. The quantitative estimate of drug-likeness (QED) is 0.751. The molecule has 2 rings (SSSR count). The van der Waals surface area contributed by atoms with E-state index in [1.54, 1.807) is 29.7 Å². The summed E-state index contributed by atoms with van der Waals surface area (Å²) in [5.74, 6) is 1.83. The Morgan fingerprint density at radius 2 is 2.64 bits per heavy atom. The number of rotatable bonds is 2. The van der Waals surface area contributed by atoms with Crippen LogP contribution in [0.3, 0.4) is 0 Å². The zero-order chi connectivity index (χ0) is 9.97. The maximum atomic E-state index is 9.98. The molecule has 1 aliphatic heterocycles. The Morgan fingerprint density at radius 3 is 3.21 bits per heavy atom. The molecule has 1 aromatic heterocycles. The van der Waals surface area contributed by atoms with E-state index in [1.807, 2.05) is 0 Å². The largest absolute Gasteiger partial charge is 0.384 e. The van der Waals surface area contributed by atoms with Crippen molar-refractivity contribution in [1.29, 1.82) is 0 Å². The van der Waals surface area contributed by atoms with Crippen LogP contribution in [0.4, 0.5) is 0 Å². The van der Waals surface area contributed by atoms with Gasteiger partial charge >= 0.3 is 0 Å². The molecule has 0 aromatic carbocycles. The molecule has 2 heterocycles. The maximum absolute atomic E-state index is 9.98. The highest BCUT2D eigenvalue weighted by Gasteiger charge is 2.26. The minimum atomic E-state index is -0.622. The third-order valence-corrected chi connectivity index (χ3v) is 3.27. The summed E-state index contributed by atoms with van der Waals surface area (Å²) in [6, 6.07) is 0. The molecule has 5 nitrogen and oxygen atoms in total. The Hall–Kier alpha value is -0.590. The van der Waals surface area contributed by atoms with E-state index in [2.05, 4.69) is 10.3 Å². The number of aromatic nitrogens is 3. The summed E-state index contributed by atoms with van der Waals surface area (Å²) >= 11 is 1.80. The van der Waals surface area contributed by atoms with E-state index in [0.717, 1.165) is 11.5 Å². The zero-order valence-electron chi connectivity index (χ0n) is 7.96. The fourth-order valence-electron chi connectivity index (χ4n) is 1.44. The van der Waals surface area contributed by atoms with Gasteiger partial charge in [-0.25, -0.2) is 4.68 Å². The number of nitrogens with zero attached hydrogens (tertiary/aromatic N) is 3. The molecule has 2 atom stereocenters. The van der Waals surface area contributed by atoms with Gasteiger partial charge in [0.25, 0.3) is 0 Å². The Kier molecular flexibility index (Phi) is 3.05. The van der Waals surface area contributed by atoms with Crippen LogP contribution in [0.2, 0.25) is 0 Å². The third-order valence-electron chi connectivity index (χ3n) is 2.25. The molecular weight excluding hydrogens is 202 g/mol. The van der Waals surface area contributed by atoms with Crippen LogP contribution in [0.5, 0.6) is 0 Å². The SMILES string of the molecule is Cn1nncc1C(O)C1CSCCO1. The number of aliphatic hydroxyl groups excluding tert-OH is 1. The molecule has 0 saturated carbocycles. The molecule has 6 heteroatoms. The molecule has 1 aromatic rings. The summed E-state index contributed by atoms with van der Waals surface area (Å²) in [6.07, 6.45) is 0.821. The first-order valence-electron chi connectivity index (χ1n) is 4.51. The predicted molar refractivity (Wildman–Crippen MR) is 53.0 cm³/mol. The molecule has 0 bridgehead atoms. The Labute approximate surface area is 86.4 Å². The highest BCUT2D eigenvalue weighted by atomic mass is 32.2. The number of ether oxygens (including phenoxy) is 1. The lowest BCUT2D eigenvalue weighted by Crippen LogP contribution is -2.30. The van der Waals surface area contributed by atoms with Crippen LogP contribution in [-0.2, 0) is 11.8 Å². The Bertz CT molecular complexity index is 299. The molecule has 1 aliphatic rings. The summed E-state index contributed by atoms with van der Waals surface area (Å²) in [5.41, 5.74) is 0.706. The molecule has 14 heavy (non-hydrogen) atoms. The van der Waals surface area contributed by atoms with Gasteiger partial charge in [-0.1, -0.05) is 5.21 Å². The number of hydrogen-bond donors (Lipinski definition) is 1. The van der Waals surface area contributed by atoms with Crippen LogP contribution in [0.1, 0.15) is 11.8 Å². The van der Waals surface area contributed by atoms with Gasteiger partial charge in [-0.3, -0.25) is 0 Å². The summed E-state index contributed by atoms with van der Waals surface area (Å²) in [7, 11) is 1.77. The monoisotopic (exact) mass is 215 g/mol. The minimum absolute atomic E-state index is 0.133. The van der Waals surface area contributed by atoms with Gasteiger partial charge in [0, 0.05) is 18.6 Å². The summed E-state index contributed by atoms with van der Waals surface area (Å²) < 4.78 is 7.06. The van der Waals surface area contributed by atoms with E-state index in [1.165, 1.54) is 0 Å². The van der Waals surface area contributed by atoms with Crippen molar-refractivity contribution in [3.63, 3.8) is 0 Å². The normalized spacial score (nSPS) is 24.9. The second-order valence-corrected chi connectivity index (χ2v) is 4.36. The van der Waals surface area contributed by atoms with Crippen LogP contribution in [0.25, 0.3) is 0 Å². The first-order chi connectivity index (χ1) is 6.79. The lowest BCUT2D eigenvalue weighted by atomic mass is 10.1. The standard InChI is InChI=1S/C8H13N3O2S/c1-11-6(4-9-10-11)8(12)7-5-14-3-2-13-7/h4,7-8,12H,2-3,5H2,1H3. The van der Waals surface area contributed by atoms with Crippen molar-refractivity contribution < 1.29 is 9.84 Å². The molecule has 0 spiro atoms. The van der Waals surface area contributed by atoms with Crippen molar-refractivity contribution in [2.75, 3.05) is 18.1 Å². The molecule has 0 radical (unpaired) electrons. The topological polar surface area (TPSA) is 60.2 Å². The lowest BCUT2D eigenvalue weighted by molar-refractivity contribution is -0.0261. The number of aliphatic hydroxyl groups is 1. The Balaban J connectivity index is 2.07. The van der Waals surface area contributed by atoms with Crippen LogP contribution >= 0.6 is 11.8 Å². The van der Waals surface area contributed by atoms with Gasteiger partial charge in [-0.15, -0.1) is 5.10 Å². The average Bonchev–Trinajstić information content (AvgIpc) is 2.65. The van der Waals surface area contributed by atoms with E-state index in [0.29, 0.717) is 12.3 Å². The molecule has 0 aliphatic carbocycles. The first-order valence-corrected chi connectivity index (χ1v) is 5.66. The van der Waals surface area contributed by atoms with Gasteiger partial charge < -0.3 is 9.84 Å². The third kappa shape index (κ3) is 1.92. The van der Waals surface area contributed by atoms with E-state index in [4.69, 9.17) is 4.74 Å². The molecule has 1 N–H and O–H groups in total. The van der Waals surface area contributed by atoms with Crippen LogP contribution in [-0.4, -0.2) is 44.3 Å². The highest BCUT2D eigenvalue weighted by Crippen LogP contribution is 2.24. The second kappa shape index (κ2) is 4.29. The van der Waals surface area contributed by atoms with Crippen molar-refractivity contribution in [2.24, 2.45) is 7.05 Å². The van der Waals surface area contributed by atoms with Gasteiger partial charge in [0.05, 0.1) is 24.6 Å².